The second-order valence-electron chi connectivity index (χ2n) is 4.12. The molecule has 82 valence electrons. The fourth-order valence-electron chi connectivity index (χ4n) is 2.33. The maximum absolute atomic E-state index is 12.3. The molecule has 0 aromatic heterocycles. The molecule has 0 radical (unpaired) electrons. The van der Waals surface area contributed by atoms with Gasteiger partial charge in [-0.05, 0) is 25.0 Å². The minimum atomic E-state index is 0.0532. The molecule has 3 nitrogen and oxygen atoms in total. The van der Waals surface area contributed by atoms with Crippen LogP contribution >= 0.6 is 11.6 Å². The first-order valence-electron chi connectivity index (χ1n) is 5.41. The Morgan fingerprint density at radius 3 is 3.19 bits per heavy atom. The number of fused-ring (bicyclic) bond motifs is 2. The lowest BCUT2D eigenvalue weighted by molar-refractivity contribution is 0.0775. The number of benzene rings is 1. The summed E-state index contributed by atoms with van der Waals surface area (Å²) in [7, 11) is 0. The van der Waals surface area contributed by atoms with E-state index in [1.807, 2.05) is 11.1 Å². The Morgan fingerprint density at radius 1 is 1.44 bits per heavy atom. The van der Waals surface area contributed by atoms with Gasteiger partial charge in [0.2, 0.25) is 0 Å². The van der Waals surface area contributed by atoms with E-state index in [0.29, 0.717) is 16.3 Å². The molecule has 1 aromatic carbocycles. The lowest BCUT2D eigenvalue weighted by atomic mass is 10.1. The molecule has 1 saturated heterocycles. The number of hydrogen-bond acceptors (Lipinski definition) is 2. The van der Waals surface area contributed by atoms with Crippen LogP contribution in [0.2, 0.25) is 5.02 Å². The molecule has 3 rings (SSSR count). The number of aliphatic imine (C=N–C) groups is 1. The van der Waals surface area contributed by atoms with Gasteiger partial charge in [0.1, 0.15) is 0 Å². The number of carbonyl (C=O) groups is 1. The standard InChI is InChI=1S/C12H11ClN2O/c13-10-5-1-4-9-11(10)14-7-8-3-2-6-15(8)12(9)16/h1,4-5,7-8H,2-3,6H2/t8-/m0/s1. The Bertz CT molecular complexity index is 484. The summed E-state index contributed by atoms with van der Waals surface area (Å²) in [6, 6.07) is 5.50. The van der Waals surface area contributed by atoms with Crippen molar-refractivity contribution in [3.8, 4) is 0 Å². The van der Waals surface area contributed by atoms with Crippen molar-refractivity contribution in [1.82, 2.24) is 4.90 Å². The Morgan fingerprint density at radius 2 is 2.31 bits per heavy atom. The van der Waals surface area contributed by atoms with E-state index in [9.17, 15) is 4.79 Å². The van der Waals surface area contributed by atoms with Crippen molar-refractivity contribution in [2.75, 3.05) is 6.54 Å². The van der Waals surface area contributed by atoms with Gasteiger partial charge in [0, 0.05) is 12.8 Å². The predicted molar refractivity (Wildman–Crippen MR) is 63.7 cm³/mol. The van der Waals surface area contributed by atoms with Gasteiger partial charge in [-0.2, -0.15) is 0 Å². The van der Waals surface area contributed by atoms with E-state index >= 15 is 0 Å². The molecule has 16 heavy (non-hydrogen) atoms. The number of amides is 1. The molecule has 0 spiro atoms. The summed E-state index contributed by atoms with van der Waals surface area (Å²) in [5.41, 5.74) is 1.23. The third-order valence-electron chi connectivity index (χ3n) is 3.15. The first-order chi connectivity index (χ1) is 7.77. The second-order valence-corrected chi connectivity index (χ2v) is 4.53. The first-order valence-corrected chi connectivity index (χ1v) is 5.79. The average molecular weight is 235 g/mol. The molecule has 2 aliphatic rings. The second kappa shape index (κ2) is 3.59. The highest BCUT2D eigenvalue weighted by molar-refractivity contribution is 6.34. The Labute approximate surface area is 98.7 Å². The predicted octanol–water partition coefficient (Wildman–Crippen LogP) is 2.66. The summed E-state index contributed by atoms with van der Waals surface area (Å²) < 4.78 is 0. The minimum Gasteiger partial charge on any atom is -0.331 e. The Balaban J connectivity index is 2.16. The molecule has 2 heterocycles. The third-order valence-corrected chi connectivity index (χ3v) is 3.46. The summed E-state index contributed by atoms with van der Waals surface area (Å²) in [4.78, 5) is 18.5. The molecule has 0 N–H and O–H groups in total. The van der Waals surface area contributed by atoms with Gasteiger partial charge in [0.25, 0.3) is 5.91 Å². The van der Waals surface area contributed by atoms with E-state index in [-0.39, 0.29) is 11.9 Å². The molecule has 0 bridgehead atoms. The van der Waals surface area contributed by atoms with Crippen molar-refractivity contribution >= 4 is 29.4 Å². The average Bonchev–Trinajstić information content (AvgIpc) is 2.70. The number of para-hydroxylation sites is 1. The van der Waals surface area contributed by atoms with Crippen molar-refractivity contribution < 1.29 is 4.79 Å². The van der Waals surface area contributed by atoms with Gasteiger partial charge in [0.05, 0.1) is 22.3 Å². The van der Waals surface area contributed by atoms with Gasteiger partial charge in [0.15, 0.2) is 0 Å². The number of rotatable bonds is 0. The van der Waals surface area contributed by atoms with E-state index in [4.69, 9.17) is 11.6 Å². The van der Waals surface area contributed by atoms with Crippen LogP contribution in [0.25, 0.3) is 0 Å². The SMILES string of the molecule is O=C1c2cccc(Cl)c2N=C[C@@H]2CCCN12. The zero-order valence-corrected chi connectivity index (χ0v) is 9.44. The van der Waals surface area contributed by atoms with Crippen LogP contribution in [-0.4, -0.2) is 29.6 Å². The van der Waals surface area contributed by atoms with Crippen molar-refractivity contribution in [3.63, 3.8) is 0 Å². The molecule has 4 heteroatoms. The highest BCUT2D eigenvalue weighted by Crippen LogP contribution is 2.33. The summed E-state index contributed by atoms with van der Waals surface area (Å²) in [5, 5.41) is 0.545. The van der Waals surface area contributed by atoms with Crippen LogP contribution in [0.4, 0.5) is 5.69 Å². The van der Waals surface area contributed by atoms with E-state index in [1.54, 1.807) is 18.2 Å². The molecule has 2 aliphatic heterocycles. The lowest BCUT2D eigenvalue weighted by Crippen LogP contribution is -2.35. The summed E-state index contributed by atoms with van der Waals surface area (Å²) in [6.45, 7) is 0.821. The molecule has 0 aliphatic carbocycles. The van der Waals surface area contributed by atoms with Crippen molar-refractivity contribution in [2.24, 2.45) is 4.99 Å². The molecule has 1 aromatic rings. The van der Waals surface area contributed by atoms with Gasteiger partial charge in [-0.1, -0.05) is 17.7 Å². The first kappa shape index (κ1) is 9.85. The maximum Gasteiger partial charge on any atom is 0.256 e. The smallest absolute Gasteiger partial charge is 0.256 e. The molecule has 1 fully saturated rings. The highest BCUT2D eigenvalue weighted by atomic mass is 35.5. The van der Waals surface area contributed by atoms with E-state index in [1.165, 1.54) is 0 Å². The minimum absolute atomic E-state index is 0.0532. The van der Waals surface area contributed by atoms with E-state index in [2.05, 4.69) is 4.99 Å². The Hall–Kier alpha value is -1.35. The Kier molecular flexibility index (Phi) is 2.21. The van der Waals surface area contributed by atoms with Crippen molar-refractivity contribution in [1.29, 1.82) is 0 Å². The van der Waals surface area contributed by atoms with Gasteiger partial charge in [-0.25, -0.2) is 0 Å². The molecule has 0 saturated carbocycles. The van der Waals surface area contributed by atoms with Gasteiger partial charge in [-0.15, -0.1) is 0 Å². The highest BCUT2D eigenvalue weighted by Gasteiger charge is 2.31. The van der Waals surface area contributed by atoms with E-state index in [0.717, 1.165) is 19.4 Å². The number of nitrogens with zero attached hydrogens (tertiary/aromatic N) is 2. The van der Waals surface area contributed by atoms with Gasteiger partial charge >= 0.3 is 0 Å². The van der Waals surface area contributed by atoms with Crippen LogP contribution in [-0.2, 0) is 0 Å². The zero-order chi connectivity index (χ0) is 11.1. The van der Waals surface area contributed by atoms with Gasteiger partial charge in [-0.3, -0.25) is 9.79 Å². The zero-order valence-electron chi connectivity index (χ0n) is 8.69. The lowest BCUT2D eigenvalue weighted by Gasteiger charge is -2.19. The summed E-state index contributed by atoms with van der Waals surface area (Å²) >= 11 is 6.05. The van der Waals surface area contributed by atoms with Crippen LogP contribution in [0, 0.1) is 0 Å². The normalized spacial score (nSPS) is 22.9. The van der Waals surface area contributed by atoms with Crippen LogP contribution in [0.3, 0.4) is 0 Å². The van der Waals surface area contributed by atoms with E-state index < -0.39 is 0 Å². The molecule has 1 amide bonds. The summed E-state index contributed by atoms with van der Waals surface area (Å²) in [6.07, 6.45) is 3.90. The molecule has 1 atom stereocenters. The molecular weight excluding hydrogens is 224 g/mol. The van der Waals surface area contributed by atoms with Crippen LogP contribution < -0.4 is 0 Å². The van der Waals surface area contributed by atoms with Crippen LogP contribution in [0.1, 0.15) is 23.2 Å². The summed E-state index contributed by atoms with van der Waals surface area (Å²) in [5.74, 6) is 0.0532. The quantitative estimate of drug-likeness (QED) is 0.679. The largest absolute Gasteiger partial charge is 0.331 e. The monoisotopic (exact) mass is 234 g/mol. The van der Waals surface area contributed by atoms with Crippen LogP contribution in [0.15, 0.2) is 23.2 Å². The molecular formula is C12H11ClN2O. The third kappa shape index (κ3) is 1.35. The van der Waals surface area contributed by atoms with Crippen LogP contribution in [0.5, 0.6) is 0 Å². The molecule has 0 unspecified atom stereocenters. The number of halogens is 1. The number of carbonyl (C=O) groups excluding carboxylic acids is 1. The topological polar surface area (TPSA) is 32.7 Å². The van der Waals surface area contributed by atoms with Crippen molar-refractivity contribution in [3.05, 3.63) is 28.8 Å². The number of hydrogen-bond donors (Lipinski definition) is 0. The fraction of sp³-hybridized carbons (Fsp3) is 0.333. The maximum atomic E-state index is 12.3. The van der Waals surface area contributed by atoms with Crippen molar-refractivity contribution in [2.45, 2.75) is 18.9 Å². The fourth-order valence-corrected chi connectivity index (χ4v) is 2.56. The van der Waals surface area contributed by atoms with Gasteiger partial charge < -0.3 is 4.90 Å².